The number of anilines is 2. The first kappa shape index (κ1) is 16.8. The van der Waals surface area contributed by atoms with E-state index in [4.69, 9.17) is 11.6 Å². The maximum Gasteiger partial charge on any atom is 0.417 e. The second kappa shape index (κ2) is 6.47. The zero-order chi connectivity index (χ0) is 17.3. The van der Waals surface area contributed by atoms with E-state index in [-0.39, 0.29) is 10.8 Å². The van der Waals surface area contributed by atoms with E-state index in [9.17, 15) is 17.6 Å². The third-order valence-corrected chi connectivity index (χ3v) is 4.20. The standard InChI is InChI=1S/C16H14ClF4N3/c17-14-9-11(16(19,20)21)10-22-15(14)24-7-5-23(6-8-24)13-3-1-12(18)2-4-13/h1-4,9-10H,5-8H2. The van der Waals surface area contributed by atoms with Crippen molar-refractivity contribution in [2.75, 3.05) is 36.0 Å². The van der Waals surface area contributed by atoms with Gasteiger partial charge in [0.1, 0.15) is 11.6 Å². The summed E-state index contributed by atoms with van der Waals surface area (Å²) in [4.78, 5) is 7.81. The van der Waals surface area contributed by atoms with Crippen molar-refractivity contribution in [3.8, 4) is 0 Å². The lowest BCUT2D eigenvalue weighted by atomic mass is 10.2. The van der Waals surface area contributed by atoms with E-state index in [1.54, 1.807) is 12.1 Å². The van der Waals surface area contributed by atoms with Crippen LogP contribution in [-0.4, -0.2) is 31.2 Å². The molecule has 0 radical (unpaired) electrons. The molecule has 1 aromatic carbocycles. The van der Waals surface area contributed by atoms with Crippen LogP contribution in [0.25, 0.3) is 0 Å². The summed E-state index contributed by atoms with van der Waals surface area (Å²) in [6.45, 7) is 2.42. The Labute approximate surface area is 141 Å². The Morgan fingerprint density at radius 1 is 0.958 bits per heavy atom. The molecule has 1 aromatic heterocycles. The van der Waals surface area contributed by atoms with Crippen molar-refractivity contribution in [3.63, 3.8) is 0 Å². The van der Waals surface area contributed by atoms with Gasteiger partial charge in [0.05, 0.1) is 10.6 Å². The molecular weight excluding hydrogens is 346 g/mol. The third-order valence-electron chi connectivity index (χ3n) is 3.92. The van der Waals surface area contributed by atoms with Gasteiger partial charge in [-0.25, -0.2) is 9.37 Å². The summed E-state index contributed by atoms with van der Waals surface area (Å²) in [5, 5.41) is -0.0138. The number of halogens is 5. The number of hydrogen-bond donors (Lipinski definition) is 0. The van der Waals surface area contributed by atoms with Gasteiger partial charge >= 0.3 is 6.18 Å². The van der Waals surface area contributed by atoms with Gasteiger partial charge in [0.2, 0.25) is 0 Å². The van der Waals surface area contributed by atoms with E-state index in [2.05, 4.69) is 9.88 Å². The molecule has 1 aliphatic rings. The molecular formula is C16H14ClF4N3. The first-order valence-corrected chi connectivity index (χ1v) is 7.70. The van der Waals surface area contributed by atoms with E-state index in [0.29, 0.717) is 32.0 Å². The summed E-state index contributed by atoms with van der Waals surface area (Å²) in [6.07, 6.45) is -3.66. The Bertz CT molecular complexity index is 710. The minimum atomic E-state index is -4.46. The van der Waals surface area contributed by atoms with Crippen LogP contribution in [0.2, 0.25) is 5.02 Å². The van der Waals surface area contributed by atoms with Crippen LogP contribution in [0.4, 0.5) is 29.1 Å². The number of pyridine rings is 1. The molecule has 2 aromatic rings. The van der Waals surface area contributed by atoms with Gasteiger partial charge in [-0.3, -0.25) is 0 Å². The normalized spacial score (nSPS) is 15.7. The highest BCUT2D eigenvalue weighted by atomic mass is 35.5. The second-order valence-corrected chi connectivity index (χ2v) is 5.88. The summed E-state index contributed by atoms with van der Waals surface area (Å²) in [7, 11) is 0. The quantitative estimate of drug-likeness (QED) is 0.748. The number of nitrogens with zero attached hydrogens (tertiary/aromatic N) is 3. The molecule has 128 valence electrons. The zero-order valence-electron chi connectivity index (χ0n) is 12.5. The molecule has 0 amide bonds. The molecule has 3 rings (SSSR count). The van der Waals surface area contributed by atoms with Crippen LogP contribution in [0.15, 0.2) is 36.5 Å². The van der Waals surface area contributed by atoms with Crippen LogP contribution >= 0.6 is 11.6 Å². The summed E-state index contributed by atoms with van der Waals surface area (Å²) < 4.78 is 51.0. The minimum absolute atomic E-state index is 0.0138. The highest BCUT2D eigenvalue weighted by Crippen LogP contribution is 2.33. The first-order chi connectivity index (χ1) is 11.3. The molecule has 0 spiro atoms. The monoisotopic (exact) mass is 359 g/mol. The average Bonchev–Trinajstić information content (AvgIpc) is 2.55. The van der Waals surface area contributed by atoms with Gasteiger partial charge in [-0.05, 0) is 30.3 Å². The highest BCUT2D eigenvalue weighted by Gasteiger charge is 2.32. The fraction of sp³-hybridized carbons (Fsp3) is 0.312. The van der Waals surface area contributed by atoms with E-state index in [0.717, 1.165) is 18.0 Å². The van der Waals surface area contributed by atoms with Crippen LogP contribution in [0.5, 0.6) is 0 Å². The molecule has 0 atom stereocenters. The highest BCUT2D eigenvalue weighted by molar-refractivity contribution is 6.33. The van der Waals surface area contributed by atoms with Gasteiger partial charge in [-0.15, -0.1) is 0 Å². The van der Waals surface area contributed by atoms with E-state index in [1.165, 1.54) is 12.1 Å². The predicted octanol–water partition coefficient (Wildman–Crippen LogP) is 4.22. The molecule has 24 heavy (non-hydrogen) atoms. The Morgan fingerprint density at radius 2 is 1.54 bits per heavy atom. The fourth-order valence-corrected chi connectivity index (χ4v) is 2.93. The number of aromatic nitrogens is 1. The summed E-state index contributed by atoms with van der Waals surface area (Å²) in [6, 6.07) is 7.10. The minimum Gasteiger partial charge on any atom is -0.368 e. The lowest BCUT2D eigenvalue weighted by Gasteiger charge is -2.37. The van der Waals surface area contributed by atoms with Crippen LogP contribution in [-0.2, 0) is 6.18 Å². The predicted molar refractivity (Wildman–Crippen MR) is 85.1 cm³/mol. The van der Waals surface area contributed by atoms with Crippen molar-refractivity contribution < 1.29 is 17.6 Å². The third kappa shape index (κ3) is 3.56. The molecule has 0 bridgehead atoms. The van der Waals surface area contributed by atoms with Gasteiger partial charge in [-0.1, -0.05) is 11.6 Å². The Balaban J connectivity index is 1.69. The van der Waals surface area contributed by atoms with Crippen LogP contribution in [0, 0.1) is 5.82 Å². The number of piperazine rings is 1. The zero-order valence-corrected chi connectivity index (χ0v) is 13.3. The number of rotatable bonds is 2. The summed E-state index contributed by atoms with van der Waals surface area (Å²) in [5.74, 6) is 0.0570. The fourth-order valence-electron chi connectivity index (χ4n) is 2.65. The lowest BCUT2D eigenvalue weighted by Crippen LogP contribution is -2.47. The van der Waals surface area contributed by atoms with Crippen molar-refractivity contribution in [2.45, 2.75) is 6.18 Å². The molecule has 2 heterocycles. The van der Waals surface area contributed by atoms with Crippen LogP contribution < -0.4 is 9.80 Å². The van der Waals surface area contributed by atoms with Crippen LogP contribution in [0.1, 0.15) is 5.56 Å². The van der Waals surface area contributed by atoms with Gasteiger partial charge in [0, 0.05) is 38.1 Å². The van der Waals surface area contributed by atoms with E-state index >= 15 is 0 Å². The molecule has 0 saturated carbocycles. The first-order valence-electron chi connectivity index (χ1n) is 7.33. The summed E-state index contributed by atoms with van der Waals surface area (Å²) >= 11 is 5.98. The number of alkyl halides is 3. The van der Waals surface area contributed by atoms with Gasteiger partial charge in [0.25, 0.3) is 0 Å². The van der Waals surface area contributed by atoms with Crippen molar-refractivity contribution in [1.29, 1.82) is 0 Å². The Morgan fingerprint density at radius 3 is 2.08 bits per heavy atom. The van der Waals surface area contributed by atoms with Crippen molar-refractivity contribution in [1.82, 2.24) is 4.98 Å². The molecule has 1 fully saturated rings. The van der Waals surface area contributed by atoms with Gasteiger partial charge in [0.15, 0.2) is 0 Å². The molecule has 1 saturated heterocycles. The molecule has 3 nitrogen and oxygen atoms in total. The molecule has 8 heteroatoms. The Kier molecular flexibility index (Phi) is 4.54. The topological polar surface area (TPSA) is 19.4 Å². The average molecular weight is 360 g/mol. The van der Waals surface area contributed by atoms with Crippen molar-refractivity contribution >= 4 is 23.1 Å². The molecule has 1 aliphatic heterocycles. The molecule has 0 aliphatic carbocycles. The molecule has 0 N–H and O–H groups in total. The second-order valence-electron chi connectivity index (χ2n) is 5.48. The smallest absolute Gasteiger partial charge is 0.368 e. The SMILES string of the molecule is Fc1ccc(N2CCN(c3ncc(C(F)(F)F)cc3Cl)CC2)cc1. The largest absolute Gasteiger partial charge is 0.417 e. The Hall–Kier alpha value is -2.02. The maximum atomic E-state index is 13.0. The maximum absolute atomic E-state index is 13.0. The van der Waals surface area contributed by atoms with Crippen molar-refractivity contribution in [3.05, 3.63) is 52.9 Å². The van der Waals surface area contributed by atoms with Gasteiger partial charge < -0.3 is 9.80 Å². The number of benzene rings is 1. The molecule has 0 unspecified atom stereocenters. The van der Waals surface area contributed by atoms with E-state index in [1.807, 2.05) is 4.90 Å². The van der Waals surface area contributed by atoms with Crippen molar-refractivity contribution in [2.24, 2.45) is 0 Å². The lowest BCUT2D eigenvalue weighted by molar-refractivity contribution is -0.137. The van der Waals surface area contributed by atoms with Gasteiger partial charge in [-0.2, -0.15) is 13.2 Å². The van der Waals surface area contributed by atoms with Crippen LogP contribution in [0.3, 0.4) is 0 Å². The summed E-state index contributed by atoms with van der Waals surface area (Å²) in [5.41, 5.74) is 0.0451. The number of hydrogen-bond acceptors (Lipinski definition) is 3. The van der Waals surface area contributed by atoms with E-state index < -0.39 is 11.7 Å².